The first-order chi connectivity index (χ1) is 7.47. The molecule has 2 saturated carbocycles. The van der Waals surface area contributed by atoms with Crippen LogP contribution in [0.25, 0.3) is 0 Å². The molecule has 0 radical (unpaired) electrons. The molecule has 16 heavy (non-hydrogen) atoms. The minimum absolute atomic E-state index is 0.545. The second-order valence-electron chi connectivity index (χ2n) is 6.75. The van der Waals surface area contributed by atoms with Crippen LogP contribution in [0.5, 0.6) is 0 Å². The summed E-state index contributed by atoms with van der Waals surface area (Å²) in [5.74, 6) is 1.79. The normalized spacial score (nSPS) is 44.8. The van der Waals surface area contributed by atoms with E-state index in [-0.39, 0.29) is 0 Å². The summed E-state index contributed by atoms with van der Waals surface area (Å²) in [7, 11) is 2.97. The van der Waals surface area contributed by atoms with Crippen LogP contribution < -0.4 is 0 Å². The highest BCUT2D eigenvalue weighted by Crippen LogP contribution is 2.70. The van der Waals surface area contributed by atoms with Crippen LogP contribution in [-0.4, -0.2) is 0 Å². The molecule has 1 heteroatoms. The molecule has 0 heterocycles. The molecule has 3 aliphatic carbocycles. The topological polar surface area (TPSA) is 0 Å². The highest BCUT2D eigenvalue weighted by molar-refractivity contribution is 7.22. The zero-order valence-electron chi connectivity index (χ0n) is 10.7. The average Bonchev–Trinajstić information content (AvgIpc) is 2.77. The lowest BCUT2D eigenvalue weighted by Gasteiger charge is -2.40. The van der Waals surface area contributed by atoms with E-state index in [1.54, 1.807) is 10.9 Å². The molecular formula is C15H23P. The lowest BCUT2D eigenvalue weighted by Crippen LogP contribution is -2.32. The maximum Gasteiger partial charge on any atom is -0.00922 e. The van der Waals surface area contributed by atoms with Crippen molar-refractivity contribution in [1.29, 1.82) is 0 Å². The molecule has 0 aromatic rings. The van der Waals surface area contributed by atoms with Gasteiger partial charge in [0.15, 0.2) is 0 Å². The molecule has 4 unspecified atom stereocenters. The Morgan fingerprint density at radius 2 is 2.06 bits per heavy atom. The fourth-order valence-electron chi connectivity index (χ4n) is 4.55. The van der Waals surface area contributed by atoms with Crippen molar-refractivity contribution < 1.29 is 0 Å². The molecule has 3 aliphatic rings. The summed E-state index contributed by atoms with van der Waals surface area (Å²) in [5.41, 5.74) is 2.75. The molecule has 0 nitrogen and oxygen atoms in total. The monoisotopic (exact) mass is 234 g/mol. The molecule has 0 aromatic carbocycles. The van der Waals surface area contributed by atoms with E-state index >= 15 is 0 Å². The van der Waals surface area contributed by atoms with Gasteiger partial charge < -0.3 is 0 Å². The van der Waals surface area contributed by atoms with Crippen molar-refractivity contribution in [2.24, 2.45) is 22.7 Å². The Bertz CT molecular complexity index is 388. The quantitative estimate of drug-likeness (QED) is 0.584. The molecule has 0 aliphatic heterocycles. The van der Waals surface area contributed by atoms with Gasteiger partial charge in [0, 0.05) is 0 Å². The summed E-state index contributed by atoms with van der Waals surface area (Å²) in [6, 6.07) is 0. The second-order valence-corrected chi connectivity index (χ2v) is 7.45. The fourth-order valence-corrected chi connectivity index (χ4v) is 4.99. The molecule has 2 bridgehead atoms. The molecule has 0 spiro atoms. The number of rotatable bonds is 1. The first-order valence-corrected chi connectivity index (χ1v) is 7.19. The lowest BCUT2D eigenvalue weighted by atomic mass is 9.65. The third kappa shape index (κ3) is 1.15. The smallest absolute Gasteiger partial charge is 0.00922 e. The van der Waals surface area contributed by atoms with E-state index in [2.05, 4.69) is 42.2 Å². The number of hydrogen-bond donors (Lipinski definition) is 0. The number of fused-ring (bicyclic) bond motifs is 2. The Kier molecular flexibility index (Phi) is 2.22. The van der Waals surface area contributed by atoms with Gasteiger partial charge in [-0.1, -0.05) is 32.9 Å². The standard InChI is InChI=1S/C15H23P/c1-14(2)10-7-8-15(14,3)12(9-10)11-5-4-6-13(11)16/h4-5,10,12H,6-9,16H2,1-3H3. The SMILES string of the molecule is CC1(C)C2CCC1(C)C(C1=C(P)CC=C1)C2. The van der Waals surface area contributed by atoms with Crippen LogP contribution >= 0.6 is 9.24 Å². The van der Waals surface area contributed by atoms with Crippen LogP contribution in [0, 0.1) is 22.7 Å². The first-order valence-electron chi connectivity index (χ1n) is 6.62. The van der Waals surface area contributed by atoms with Gasteiger partial charge in [-0.3, -0.25) is 0 Å². The highest BCUT2D eigenvalue weighted by Gasteiger charge is 2.61. The molecule has 0 saturated heterocycles. The van der Waals surface area contributed by atoms with E-state index < -0.39 is 0 Å². The summed E-state index contributed by atoms with van der Waals surface area (Å²) in [6.07, 6.45) is 10.2. The summed E-state index contributed by atoms with van der Waals surface area (Å²) in [4.78, 5) is 0. The van der Waals surface area contributed by atoms with Crippen molar-refractivity contribution in [3.63, 3.8) is 0 Å². The lowest BCUT2D eigenvalue weighted by molar-refractivity contribution is 0.120. The van der Waals surface area contributed by atoms with Gasteiger partial charge in [0.25, 0.3) is 0 Å². The number of hydrogen-bond acceptors (Lipinski definition) is 0. The van der Waals surface area contributed by atoms with Gasteiger partial charge in [-0.05, 0) is 59.2 Å². The maximum absolute atomic E-state index is 2.97. The van der Waals surface area contributed by atoms with E-state index in [9.17, 15) is 0 Å². The Morgan fingerprint density at radius 3 is 2.50 bits per heavy atom. The van der Waals surface area contributed by atoms with E-state index in [1.165, 1.54) is 19.3 Å². The summed E-state index contributed by atoms with van der Waals surface area (Å²) >= 11 is 0. The minimum Gasteiger partial charge on any atom is -0.109 e. The van der Waals surface area contributed by atoms with Crippen LogP contribution in [0.2, 0.25) is 0 Å². The Balaban J connectivity index is 2.02. The number of allylic oxidation sites excluding steroid dienone is 4. The molecule has 3 rings (SSSR count). The van der Waals surface area contributed by atoms with E-state index in [1.807, 2.05) is 0 Å². The second kappa shape index (κ2) is 3.22. The van der Waals surface area contributed by atoms with Gasteiger partial charge in [-0.2, -0.15) is 0 Å². The molecular weight excluding hydrogens is 211 g/mol. The van der Waals surface area contributed by atoms with Gasteiger partial charge in [-0.25, -0.2) is 0 Å². The molecule has 88 valence electrons. The van der Waals surface area contributed by atoms with Crippen molar-refractivity contribution in [1.82, 2.24) is 0 Å². The first kappa shape index (κ1) is 11.0. The van der Waals surface area contributed by atoms with E-state index in [0.29, 0.717) is 10.8 Å². The zero-order valence-corrected chi connectivity index (χ0v) is 11.9. The van der Waals surface area contributed by atoms with Gasteiger partial charge in [0.05, 0.1) is 0 Å². The molecule has 4 atom stereocenters. The van der Waals surface area contributed by atoms with Crippen LogP contribution in [0.3, 0.4) is 0 Å². The zero-order chi connectivity index (χ0) is 11.6. The Hall–Kier alpha value is -0.0900. The third-order valence-corrected chi connectivity index (χ3v) is 6.74. The van der Waals surface area contributed by atoms with Gasteiger partial charge in [0.2, 0.25) is 0 Å². The summed E-state index contributed by atoms with van der Waals surface area (Å²) in [6.45, 7) is 7.56. The van der Waals surface area contributed by atoms with Crippen LogP contribution in [0.1, 0.15) is 46.5 Å². The van der Waals surface area contributed by atoms with Crippen LogP contribution in [0.15, 0.2) is 23.0 Å². The van der Waals surface area contributed by atoms with Crippen molar-refractivity contribution >= 4 is 9.24 Å². The van der Waals surface area contributed by atoms with Crippen LogP contribution in [0.4, 0.5) is 0 Å². The predicted molar refractivity (Wildman–Crippen MR) is 73.2 cm³/mol. The summed E-state index contributed by atoms with van der Waals surface area (Å²) < 4.78 is 0. The van der Waals surface area contributed by atoms with Gasteiger partial charge in [-0.15, -0.1) is 9.24 Å². The van der Waals surface area contributed by atoms with Crippen molar-refractivity contribution in [3.8, 4) is 0 Å². The molecule has 2 fully saturated rings. The van der Waals surface area contributed by atoms with Crippen molar-refractivity contribution in [3.05, 3.63) is 23.0 Å². The largest absolute Gasteiger partial charge is 0.109 e. The van der Waals surface area contributed by atoms with Crippen LogP contribution in [-0.2, 0) is 0 Å². The van der Waals surface area contributed by atoms with Crippen molar-refractivity contribution in [2.45, 2.75) is 46.5 Å². The minimum atomic E-state index is 0.545. The fraction of sp³-hybridized carbons (Fsp3) is 0.733. The predicted octanol–water partition coefficient (Wildman–Crippen LogP) is 4.54. The van der Waals surface area contributed by atoms with Crippen molar-refractivity contribution in [2.75, 3.05) is 0 Å². The maximum atomic E-state index is 2.97. The van der Waals surface area contributed by atoms with Gasteiger partial charge in [0.1, 0.15) is 0 Å². The Morgan fingerprint density at radius 1 is 1.31 bits per heavy atom. The Labute approximate surface area is 102 Å². The van der Waals surface area contributed by atoms with Gasteiger partial charge >= 0.3 is 0 Å². The third-order valence-electron chi connectivity index (χ3n) is 6.18. The summed E-state index contributed by atoms with van der Waals surface area (Å²) in [5, 5.41) is 1.55. The molecule has 0 amide bonds. The average molecular weight is 234 g/mol. The highest BCUT2D eigenvalue weighted by atomic mass is 31.0. The van der Waals surface area contributed by atoms with E-state index in [0.717, 1.165) is 18.3 Å². The molecule has 0 aromatic heterocycles. The molecule has 0 N–H and O–H groups in total. The van der Waals surface area contributed by atoms with E-state index in [4.69, 9.17) is 0 Å².